The molecule has 0 heterocycles. The summed E-state index contributed by atoms with van der Waals surface area (Å²) in [5, 5.41) is 0. The van der Waals surface area contributed by atoms with Crippen LogP contribution in [-0.2, 0) is 13.6 Å². The van der Waals surface area contributed by atoms with Gasteiger partial charge in [-0.2, -0.15) is 0 Å². The summed E-state index contributed by atoms with van der Waals surface area (Å²) in [5.74, 6) is 0.580. The fourth-order valence-electron chi connectivity index (χ4n) is 1.38. The number of hydrogen-bond acceptors (Lipinski definition) is 4. The quantitative estimate of drug-likeness (QED) is 0.424. The van der Waals surface area contributed by atoms with Gasteiger partial charge in [0.25, 0.3) is 0 Å². The molecule has 6 heteroatoms. The second kappa shape index (κ2) is 11.4. The molecule has 4 nitrogen and oxygen atoms in total. The molecule has 0 aliphatic carbocycles. The Labute approximate surface area is 112 Å². The van der Waals surface area contributed by atoms with Crippen molar-refractivity contribution in [1.29, 1.82) is 0 Å². The number of likely N-dealkylation sites (N-methyl/N-ethyl adjacent to an activating group) is 1. The maximum absolute atomic E-state index is 5.85. The summed E-state index contributed by atoms with van der Waals surface area (Å²) in [5.41, 5.74) is 0.0485. The summed E-state index contributed by atoms with van der Waals surface area (Å²) in [6.07, 6.45) is 0.797. The first kappa shape index (κ1) is 17.3. The van der Waals surface area contributed by atoms with Gasteiger partial charge in [0, 0.05) is 25.6 Å². The Balaban J connectivity index is 4.13. The summed E-state index contributed by atoms with van der Waals surface area (Å²) in [6, 6.07) is 0. The Hall–Kier alpha value is 0.347. The zero-order valence-corrected chi connectivity index (χ0v) is 13.4. The molecule has 0 aliphatic rings. The largest absolute Gasteiger partial charge is 0.395 e. The van der Waals surface area contributed by atoms with Crippen molar-refractivity contribution < 1.29 is 13.6 Å². The van der Waals surface area contributed by atoms with Crippen LogP contribution < -0.4 is 0 Å². The van der Waals surface area contributed by atoms with Gasteiger partial charge in [-0.3, -0.25) is 0 Å². The summed E-state index contributed by atoms with van der Waals surface area (Å²) in [4.78, 5) is 2.09. The molecule has 0 fully saturated rings. The SMILES string of the molecule is CCO[SiH](OCC)C(CCCl)OCCN(C)C. The van der Waals surface area contributed by atoms with Crippen LogP contribution in [0.25, 0.3) is 0 Å². The van der Waals surface area contributed by atoms with Gasteiger partial charge in [0.1, 0.15) is 0 Å². The number of nitrogens with zero attached hydrogens (tertiary/aromatic N) is 1. The Bertz CT molecular complexity index is 169. The van der Waals surface area contributed by atoms with E-state index in [0.717, 1.165) is 13.0 Å². The summed E-state index contributed by atoms with van der Waals surface area (Å²) in [6.45, 7) is 6.91. The van der Waals surface area contributed by atoms with Gasteiger partial charge in [0.05, 0.1) is 12.3 Å². The lowest BCUT2D eigenvalue weighted by Crippen LogP contribution is -2.41. The average Bonchev–Trinajstić information content (AvgIpc) is 2.27. The predicted molar refractivity (Wildman–Crippen MR) is 74.0 cm³/mol. The Morgan fingerprint density at radius 2 is 1.76 bits per heavy atom. The highest BCUT2D eigenvalue weighted by Crippen LogP contribution is 2.08. The first-order valence-corrected chi connectivity index (χ1v) is 8.35. The molecule has 0 rings (SSSR count). The lowest BCUT2D eigenvalue weighted by Gasteiger charge is -2.25. The Morgan fingerprint density at radius 1 is 1.18 bits per heavy atom. The van der Waals surface area contributed by atoms with Crippen molar-refractivity contribution in [3.05, 3.63) is 0 Å². The molecule has 0 bridgehead atoms. The van der Waals surface area contributed by atoms with Gasteiger partial charge in [-0.1, -0.05) is 0 Å². The van der Waals surface area contributed by atoms with E-state index in [-0.39, 0.29) is 5.73 Å². The number of rotatable bonds is 11. The lowest BCUT2D eigenvalue weighted by atomic mass is 10.5. The van der Waals surface area contributed by atoms with E-state index >= 15 is 0 Å². The molecule has 0 aromatic carbocycles. The predicted octanol–water partition coefficient (Wildman–Crippen LogP) is 1.39. The average molecular weight is 284 g/mol. The standard InChI is InChI=1S/C11H26ClNO3Si/c1-5-15-17(16-6-2)11(7-8-12)14-10-9-13(3)4/h11,17H,5-10H2,1-4H3. The van der Waals surface area contributed by atoms with Crippen LogP contribution >= 0.6 is 11.6 Å². The van der Waals surface area contributed by atoms with Crippen molar-refractivity contribution in [3.8, 4) is 0 Å². The molecule has 104 valence electrons. The van der Waals surface area contributed by atoms with Crippen LogP contribution in [0.15, 0.2) is 0 Å². The highest BCUT2D eigenvalue weighted by Gasteiger charge is 2.26. The van der Waals surface area contributed by atoms with Crippen LogP contribution in [0.1, 0.15) is 20.3 Å². The third-order valence-electron chi connectivity index (χ3n) is 2.23. The molecule has 0 aliphatic heterocycles. The summed E-state index contributed by atoms with van der Waals surface area (Å²) in [7, 11) is 2.30. The van der Waals surface area contributed by atoms with Crippen molar-refractivity contribution >= 4 is 20.9 Å². The van der Waals surface area contributed by atoms with Crippen molar-refractivity contribution in [3.63, 3.8) is 0 Å². The maximum Gasteiger partial charge on any atom is 0.351 e. The number of ether oxygens (including phenoxy) is 1. The van der Waals surface area contributed by atoms with Crippen molar-refractivity contribution in [2.45, 2.75) is 26.0 Å². The zero-order valence-electron chi connectivity index (χ0n) is 11.4. The van der Waals surface area contributed by atoms with Crippen LogP contribution in [-0.4, -0.2) is 66.3 Å². The normalized spacial score (nSPS) is 13.6. The molecule has 0 N–H and O–H groups in total. The molecule has 0 spiro atoms. The summed E-state index contributed by atoms with van der Waals surface area (Å²) >= 11 is 5.80. The third-order valence-corrected chi connectivity index (χ3v) is 4.90. The minimum Gasteiger partial charge on any atom is -0.395 e. The molecule has 0 aromatic rings. The third kappa shape index (κ3) is 8.99. The van der Waals surface area contributed by atoms with Crippen LogP contribution in [0.5, 0.6) is 0 Å². The molecule has 0 aromatic heterocycles. The van der Waals surface area contributed by atoms with E-state index in [1.54, 1.807) is 0 Å². The molecule has 0 radical (unpaired) electrons. The van der Waals surface area contributed by atoms with Gasteiger partial charge in [-0.05, 0) is 34.4 Å². The van der Waals surface area contributed by atoms with Crippen molar-refractivity contribution in [2.75, 3.05) is 46.3 Å². The van der Waals surface area contributed by atoms with Gasteiger partial charge in [0.15, 0.2) is 0 Å². The van der Waals surface area contributed by atoms with E-state index < -0.39 is 9.28 Å². The molecule has 0 amide bonds. The van der Waals surface area contributed by atoms with Crippen molar-refractivity contribution in [2.24, 2.45) is 0 Å². The van der Waals surface area contributed by atoms with E-state index in [0.29, 0.717) is 25.7 Å². The second-order valence-corrected chi connectivity index (χ2v) is 6.49. The molecular formula is C11H26ClNO3Si. The highest BCUT2D eigenvalue weighted by atomic mass is 35.5. The van der Waals surface area contributed by atoms with Crippen LogP contribution in [0.2, 0.25) is 0 Å². The zero-order chi connectivity index (χ0) is 13.1. The fraction of sp³-hybridized carbons (Fsp3) is 1.00. The minimum absolute atomic E-state index is 0.0485. The first-order chi connectivity index (χ1) is 8.15. The molecule has 0 saturated carbocycles. The van der Waals surface area contributed by atoms with Gasteiger partial charge in [-0.25, -0.2) is 0 Å². The Morgan fingerprint density at radius 3 is 2.18 bits per heavy atom. The van der Waals surface area contributed by atoms with Gasteiger partial charge in [-0.15, -0.1) is 11.6 Å². The van der Waals surface area contributed by atoms with E-state index in [9.17, 15) is 0 Å². The van der Waals surface area contributed by atoms with E-state index in [1.165, 1.54) is 0 Å². The number of hydrogen-bond donors (Lipinski definition) is 0. The smallest absolute Gasteiger partial charge is 0.351 e. The van der Waals surface area contributed by atoms with E-state index in [1.807, 2.05) is 27.9 Å². The second-order valence-electron chi connectivity index (χ2n) is 3.97. The van der Waals surface area contributed by atoms with Crippen molar-refractivity contribution in [1.82, 2.24) is 4.90 Å². The summed E-state index contributed by atoms with van der Waals surface area (Å²) < 4.78 is 17.2. The van der Waals surface area contributed by atoms with Gasteiger partial charge in [0.2, 0.25) is 0 Å². The molecule has 0 saturated heterocycles. The highest BCUT2D eigenvalue weighted by molar-refractivity contribution is 6.46. The van der Waals surface area contributed by atoms with E-state index in [4.69, 9.17) is 25.2 Å². The number of halogens is 1. The minimum atomic E-state index is -1.75. The molecular weight excluding hydrogens is 258 g/mol. The number of alkyl halides is 1. The van der Waals surface area contributed by atoms with Crippen LogP contribution in [0, 0.1) is 0 Å². The Kier molecular flexibility index (Phi) is 11.7. The topological polar surface area (TPSA) is 30.9 Å². The van der Waals surface area contributed by atoms with Crippen LogP contribution in [0.4, 0.5) is 0 Å². The van der Waals surface area contributed by atoms with Crippen LogP contribution in [0.3, 0.4) is 0 Å². The van der Waals surface area contributed by atoms with E-state index in [2.05, 4.69) is 4.90 Å². The fourth-order valence-corrected chi connectivity index (χ4v) is 3.72. The molecule has 17 heavy (non-hydrogen) atoms. The van der Waals surface area contributed by atoms with Gasteiger partial charge >= 0.3 is 9.28 Å². The maximum atomic E-state index is 5.85. The first-order valence-electron chi connectivity index (χ1n) is 6.21. The lowest BCUT2D eigenvalue weighted by molar-refractivity contribution is 0.0515. The molecule has 1 unspecified atom stereocenters. The van der Waals surface area contributed by atoms with Gasteiger partial charge < -0.3 is 18.5 Å². The monoisotopic (exact) mass is 283 g/mol. The molecule has 1 atom stereocenters.